The molecular weight excluding hydrogens is 553 g/mol. The van der Waals surface area contributed by atoms with Crippen LogP contribution in [0.3, 0.4) is 0 Å². The van der Waals surface area contributed by atoms with E-state index in [1.807, 2.05) is 31.2 Å². The Morgan fingerprint density at radius 3 is 2.58 bits per heavy atom. The molecule has 0 radical (unpaired) electrons. The van der Waals surface area contributed by atoms with Gasteiger partial charge in [-0.1, -0.05) is 23.7 Å². The fourth-order valence-corrected chi connectivity index (χ4v) is 4.34. The normalized spacial score (nSPS) is 15.1. The van der Waals surface area contributed by atoms with E-state index in [4.69, 9.17) is 25.8 Å². The van der Waals surface area contributed by atoms with E-state index in [0.29, 0.717) is 40.2 Å². The number of carbonyl (C=O) groups is 2. The Balaban J connectivity index is 1.82. The number of imide groups is 1. The molecule has 1 saturated heterocycles. The minimum Gasteiger partial charge on any atom is -0.490 e. The van der Waals surface area contributed by atoms with Crippen molar-refractivity contribution < 1.29 is 23.8 Å². The summed E-state index contributed by atoms with van der Waals surface area (Å²) < 4.78 is 17.8. The lowest BCUT2D eigenvalue weighted by Gasteiger charge is -2.15. The Morgan fingerprint density at radius 1 is 1.16 bits per heavy atom. The van der Waals surface area contributed by atoms with Crippen LogP contribution in [0.2, 0.25) is 5.02 Å². The molecule has 0 spiro atoms. The Hall–Kier alpha value is -1.75. The molecule has 0 aromatic heterocycles. The molecule has 0 saturated carbocycles. The molecule has 0 atom stereocenters. The number of ether oxygens (including phenoxy) is 3. The van der Waals surface area contributed by atoms with Gasteiger partial charge in [-0.3, -0.25) is 14.5 Å². The molecule has 31 heavy (non-hydrogen) atoms. The largest absolute Gasteiger partial charge is 0.490 e. The van der Waals surface area contributed by atoms with E-state index in [1.165, 1.54) is 12.0 Å². The molecule has 0 N–H and O–H groups in total. The maximum Gasteiger partial charge on any atom is 0.293 e. The number of nitrogens with zero attached hydrogens (tertiary/aromatic N) is 1. The van der Waals surface area contributed by atoms with Gasteiger partial charge >= 0.3 is 0 Å². The average Bonchev–Trinajstić information content (AvgIpc) is 3.00. The molecule has 1 aliphatic heterocycles. The Morgan fingerprint density at radius 2 is 1.90 bits per heavy atom. The monoisotopic (exact) mass is 573 g/mol. The van der Waals surface area contributed by atoms with Crippen LogP contribution >= 0.6 is 46.0 Å². The molecule has 1 aliphatic rings. The molecular formula is C22H21ClINO5S. The predicted octanol–water partition coefficient (Wildman–Crippen LogP) is 5.61. The smallest absolute Gasteiger partial charge is 0.293 e. The van der Waals surface area contributed by atoms with E-state index in [1.54, 1.807) is 18.2 Å². The van der Waals surface area contributed by atoms with Gasteiger partial charge in [0.15, 0.2) is 11.5 Å². The maximum atomic E-state index is 12.5. The van der Waals surface area contributed by atoms with Crippen LogP contribution in [-0.2, 0) is 16.1 Å². The van der Waals surface area contributed by atoms with Crippen LogP contribution in [0.1, 0.15) is 18.1 Å². The van der Waals surface area contributed by atoms with Crippen molar-refractivity contribution in [3.63, 3.8) is 0 Å². The number of methoxy groups -OCH3 is 1. The minimum atomic E-state index is -0.347. The predicted molar refractivity (Wildman–Crippen MR) is 131 cm³/mol. The highest BCUT2D eigenvalue weighted by atomic mass is 127. The van der Waals surface area contributed by atoms with Gasteiger partial charge in [-0.15, -0.1) is 0 Å². The van der Waals surface area contributed by atoms with Crippen molar-refractivity contribution in [3.05, 3.63) is 61.0 Å². The van der Waals surface area contributed by atoms with E-state index in [9.17, 15) is 9.59 Å². The second-order valence-corrected chi connectivity index (χ2v) is 9.15. The number of carbonyl (C=O) groups excluding carboxylic acids is 2. The van der Waals surface area contributed by atoms with E-state index >= 15 is 0 Å². The Bertz CT molecular complexity index is 996. The molecule has 9 heteroatoms. The van der Waals surface area contributed by atoms with E-state index in [2.05, 4.69) is 22.6 Å². The zero-order valence-corrected chi connectivity index (χ0v) is 20.8. The van der Waals surface area contributed by atoms with Crippen LogP contribution in [0.4, 0.5) is 4.79 Å². The number of thioether (sulfide) groups is 1. The van der Waals surface area contributed by atoms with Crippen molar-refractivity contribution in [3.8, 4) is 11.5 Å². The summed E-state index contributed by atoms with van der Waals surface area (Å²) in [7, 11) is 1.52. The topological polar surface area (TPSA) is 65.1 Å². The summed E-state index contributed by atoms with van der Waals surface area (Å²) in [6.45, 7) is 3.14. The zero-order valence-electron chi connectivity index (χ0n) is 17.0. The van der Waals surface area contributed by atoms with Gasteiger partial charge < -0.3 is 14.2 Å². The summed E-state index contributed by atoms with van der Waals surface area (Å²) >= 11 is 9.63. The first-order chi connectivity index (χ1) is 14.9. The van der Waals surface area contributed by atoms with Crippen LogP contribution in [0.5, 0.6) is 11.5 Å². The first kappa shape index (κ1) is 23.9. The first-order valence-corrected chi connectivity index (χ1v) is 11.8. The van der Waals surface area contributed by atoms with Crippen molar-refractivity contribution in [2.75, 3.05) is 26.9 Å². The summed E-state index contributed by atoms with van der Waals surface area (Å²) in [6, 6.07) is 11.4. The van der Waals surface area contributed by atoms with Gasteiger partial charge in [0.2, 0.25) is 0 Å². The van der Waals surface area contributed by atoms with Crippen LogP contribution in [0, 0.1) is 3.57 Å². The van der Waals surface area contributed by atoms with Gasteiger partial charge in [0.1, 0.15) is 6.61 Å². The van der Waals surface area contributed by atoms with Crippen molar-refractivity contribution >= 4 is 63.2 Å². The second-order valence-electron chi connectivity index (χ2n) is 6.50. The number of hydrogen-bond acceptors (Lipinski definition) is 6. The number of halogens is 2. The molecule has 0 unspecified atom stereocenters. The van der Waals surface area contributed by atoms with Crippen LogP contribution < -0.4 is 9.47 Å². The van der Waals surface area contributed by atoms with Crippen LogP contribution in [0.15, 0.2) is 41.3 Å². The van der Waals surface area contributed by atoms with E-state index in [-0.39, 0.29) is 24.3 Å². The third kappa shape index (κ3) is 6.15. The van der Waals surface area contributed by atoms with Gasteiger partial charge in [0.05, 0.1) is 29.7 Å². The molecule has 2 amide bonds. The van der Waals surface area contributed by atoms with Gasteiger partial charge in [-0.05, 0) is 82.7 Å². The van der Waals surface area contributed by atoms with Gasteiger partial charge in [0.25, 0.3) is 11.1 Å². The third-order valence-electron chi connectivity index (χ3n) is 4.32. The lowest BCUT2D eigenvalue weighted by molar-refractivity contribution is -0.123. The van der Waals surface area contributed by atoms with Crippen LogP contribution in [0.25, 0.3) is 6.08 Å². The lowest BCUT2D eigenvalue weighted by Crippen LogP contribution is -2.31. The van der Waals surface area contributed by atoms with Crippen molar-refractivity contribution in [2.24, 2.45) is 0 Å². The molecule has 164 valence electrons. The molecule has 1 fully saturated rings. The Kier molecular flexibility index (Phi) is 8.65. The van der Waals surface area contributed by atoms with Gasteiger partial charge in [0, 0.05) is 10.7 Å². The first-order valence-electron chi connectivity index (χ1n) is 9.50. The van der Waals surface area contributed by atoms with Crippen LogP contribution in [-0.4, -0.2) is 42.9 Å². The third-order valence-corrected chi connectivity index (χ3v) is 6.23. The molecule has 2 aromatic rings. The van der Waals surface area contributed by atoms with E-state index < -0.39 is 0 Å². The van der Waals surface area contributed by atoms with Gasteiger partial charge in [-0.2, -0.15) is 0 Å². The SMILES string of the molecule is CCOc1cc(/C=C2/SC(=O)N(CCOC)C2=O)cc(Cl)c1OCc1ccc(I)cc1. The van der Waals surface area contributed by atoms with Crippen molar-refractivity contribution in [2.45, 2.75) is 13.5 Å². The maximum absolute atomic E-state index is 12.5. The number of amides is 2. The Labute approximate surface area is 204 Å². The quantitative estimate of drug-likeness (QED) is 0.287. The zero-order chi connectivity index (χ0) is 22.4. The molecule has 3 rings (SSSR count). The molecule has 1 heterocycles. The molecule has 0 bridgehead atoms. The number of benzene rings is 2. The van der Waals surface area contributed by atoms with Gasteiger partial charge in [-0.25, -0.2) is 0 Å². The second kappa shape index (κ2) is 11.2. The average molecular weight is 574 g/mol. The summed E-state index contributed by atoms with van der Waals surface area (Å²) in [4.78, 5) is 26.2. The fraction of sp³-hybridized carbons (Fsp3) is 0.273. The van der Waals surface area contributed by atoms with Crippen molar-refractivity contribution in [1.82, 2.24) is 4.90 Å². The fourth-order valence-electron chi connectivity index (χ4n) is 2.84. The summed E-state index contributed by atoms with van der Waals surface area (Å²) in [5, 5.41) is 0.0447. The summed E-state index contributed by atoms with van der Waals surface area (Å²) in [5.74, 6) is 0.568. The molecule has 6 nitrogen and oxygen atoms in total. The summed E-state index contributed by atoms with van der Waals surface area (Å²) in [6.07, 6.45) is 1.63. The molecule has 0 aliphatic carbocycles. The summed E-state index contributed by atoms with van der Waals surface area (Å²) in [5.41, 5.74) is 1.65. The van der Waals surface area contributed by atoms with Crippen molar-refractivity contribution in [1.29, 1.82) is 0 Å². The highest BCUT2D eigenvalue weighted by Crippen LogP contribution is 2.39. The lowest BCUT2D eigenvalue weighted by atomic mass is 10.1. The minimum absolute atomic E-state index is 0.217. The number of rotatable bonds is 9. The number of hydrogen-bond donors (Lipinski definition) is 0. The standard InChI is InChI=1S/C22H21ClINO5S/c1-3-29-18-11-15(12-19-21(26)25(8-9-28-2)22(27)31-19)10-17(23)20(18)30-13-14-4-6-16(24)7-5-14/h4-7,10-12H,3,8-9,13H2,1-2H3/b19-12+. The molecule has 2 aromatic carbocycles. The van der Waals surface area contributed by atoms with E-state index in [0.717, 1.165) is 20.9 Å². The highest BCUT2D eigenvalue weighted by Gasteiger charge is 2.34. The highest BCUT2D eigenvalue weighted by molar-refractivity contribution is 14.1.